The number of aryl methyl sites for hydroxylation is 2. The van der Waals surface area contributed by atoms with Gasteiger partial charge in [0.05, 0.1) is 6.54 Å². The number of fused-ring (bicyclic) bond motifs is 2. The Morgan fingerprint density at radius 2 is 1.37 bits per heavy atom. The predicted octanol–water partition coefficient (Wildman–Crippen LogP) is 6.35. The van der Waals surface area contributed by atoms with Gasteiger partial charge in [-0.25, -0.2) is 0 Å². The molecule has 182 valence electrons. The highest BCUT2D eigenvalue weighted by atomic mass is 15.1. The molecule has 0 N–H and O–H groups in total. The number of hydrogen-bond donors (Lipinski definition) is 0. The molecule has 0 aliphatic heterocycles. The molecule has 35 heavy (non-hydrogen) atoms. The van der Waals surface area contributed by atoms with Crippen LogP contribution in [0.25, 0.3) is 5.57 Å². The summed E-state index contributed by atoms with van der Waals surface area (Å²) < 4.78 is 0. The lowest BCUT2D eigenvalue weighted by Gasteiger charge is -2.22. The van der Waals surface area contributed by atoms with E-state index in [1.807, 2.05) is 6.07 Å². The third-order valence-corrected chi connectivity index (χ3v) is 6.67. The third kappa shape index (κ3) is 7.96. The topological polar surface area (TPSA) is 6.48 Å². The van der Waals surface area contributed by atoms with Gasteiger partial charge in [0.1, 0.15) is 0 Å². The molecule has 3 aromatic rings. The zero-order valence-corrected chi connectivity index (χ0v) is 21.9. The Balaban J connectivity index is 0.000000214. The highest BCUT2D eigenvalue weighted by Gasteiger charge is 2.16. The van der Waals surface area contributed by atoms with Crippen LogP contribution in [-0.2, 0) is 19.3 Å². The molecule has 0 amide bonds. The van der Waals surface area contributed by atoms with Crippen molar-refractivity contribution in [3.05, 3.63) is 113 Å². The van der Waals surface area contributed by atoms with E-state index in [1.165, 1.54) is 33.4 Å². The molecule has 0 heterocycles. The van der Waals surface area contributed by atoms with E-state index in [4.69, 9.17) is 6.42 Å². The fraction of sp³-hybridized carbons (Fsp3) is 0.333. The van der Waals surface area contributed by atoms with E-state index < -0.39 is 0 Å². The first kappa shape index (κ1) is 26.5. The van der Waals surface area contributed by atoms with E-state index in [0.717, 1.165) is 32.2 Å². The molecule has 0 saturated carbocycles. The van der Waals surface area contributed by atoms with Crippen molar-refractivity contribution in [3.63, 3.8) is 0 Å². The van der Waals surface area contributed by atoms with Crippen molar-refractivity contribution < 1.29 is 0 Å². The van der Waals surface area contributed by atoms with Gasteiger partial charge in [0, 0.05) is 12.6 Å². The lowest BCUT2D eigenvalue weighted by molar-refractivity contribution is 0.287. The summed E-state index contributed by atoms with van der Waals surface area (Å²) in [5.74, 6) is 2.66. The molecule has 0 radical (unpaired) electrons. The minimum atomic E-state index is 0.494. The van der Waals surface area contributed by atoms with Gasteiger partial charge in [-0.05, 0) is 87.1 Å². The maximum atomic E-state index is 5.27. The molecular formula is C33H40N2. The molecule has 1 aliphatic rings. The smallest absolute Gasteiger partial charge is 0.0598 e. The third-order valence-electron chi connectivity index (χ3n) is 6.67. The summed E-state index contributed by atoms with van der Waals surface area (Å²) in [6.45, 7) is 4.01. The van der Waals surface area contributed by atoms with Gasteiger partial charge in [-0.3, -0.25) is 4.90 Å². The van der Waals surface area contributed by atoms with Crippen LogP contribution in [0.5, 0.6) is 0 Å². The largest absolute Gasteiger partial charge is 0.309 e. The second-order valence-corrected chi connectivity index (χ2v) is 9.68. The first-order chi connectivity index (χ1) is 17.0. The van der Waals surface area contributed by atoms with Gasteiger partial charge in [-0.1, -0.05) is 90.9 Å². The highest BCUT2D eigenvalue weighted by Crippen LogP contribution is 2.33. The van der Waals surface area contributed by atoms with Gasteiger partial charge >= 0.3 is 0 Å². The second-order valence-electron chi connectivity index (χ2n) is 9.68. The maximum absolute atomic E-state index is 5.27. The summed E-state index contributed by atoms with van der Waals surface area (Å²) in [6, 6.07) is 28.7. The van der Waals surface area contributed by atoms with Crippen molar-refractivity contribution in [2.24, 2.45) is 0 Å². The van der Waals surface area contributed by atoms with Crippen LogP contribution in [-0.4, -0.2) is 50.1 Å². The summed E-state index contributed by atoms with van der Waals surface area (Å²) in [5, 5.41) is 0. The second kappa shape index (κ2) is 13.7. The van der Waals surface area contributed by atoms with Crippen molar-refractivity contribution in [2.45, 2.75) is 38.6 Å². The van der Waals surface area contributed by atoms with Crippen LogP contribution in [0.2, 0.25) is 0 Å². The minimum absolute atomic E-state index is 0.494. The van der Waals surface area contributed by atoms with Crippen LogP contribution in [0, 0.1) is 12.3 Å². The molecule has 0 spiro atoms. The molecule has 4 rings (SSSR count). The van der Waals surface area contributed by atoms with E-state index in [1.54, 1.807) is 0 Å². The van der Waals surface area contributed by atoms with Gasteiger partial charge in [0.15, 0.2) is 0 Å². The summed E-state index contributed by atoms with van der Waals surface area (Å²) in [5.41, 5.74) is 8.57. The van der Waals surface area contributed by atoms with Gasteiger partial charge in [-0.15, -0.1) is 6.42 Å². The summed E-state index contributed by atoms with van der Waals surface area (Å²) in [7, 11) is 6.33. The quantitative estimate of drug-likeness (QED) is 0.376. The predicted molar refractivity (Wildman–Crippen MR) is 152 cm³/mol. The van der Waals surface area contributed by atoms with E-state index in [0.29, 0.717) is 12.6 Å². The van der Waals surface area contributed by atoms with E-state index in [-0.39, 0.29) is 0 Å². The summed E-state index contributed by atoms with van der Waals surface area (Å²) in [6.07, 6.45) is 12.1. The van der Waals surface area contributed by atoms with Crippen LogP contribution in [0.15, 0.2) is 84.9 Å². The lowest BCUT2D eigenvalue weighted by atomic mass is 9.93. The molecule has 0 saturated heterocycles. The van der Waals surface area contributed by atoms with Crippen LogP contribution in [0.4, 0.5) is 0 Å². The van der Waals surface area contributed by atoms with E-state index in [2.05, 4.69) is 123 Å². The zero-order valence-electron chi connectivity index (χ0n) is 21.9. The maximum Gasteiger partial charge on any atom is 0.0598 e. The first-order valence-corrected chi connectivity index (χ1v) is 12.7. The molecule has 0 unspecified atom stereocenters. The number of rotatable bonds is 7. The van der Waals surface area contributed by atoms with E-state index in [9.17, 15) is 0 Å². The molecule has 2 heteroatoms. The van der Waals surface area contributed by atoms with Gasteiger partial charge in [0.2, 0.25) is 0 Å². The Morgan fingerprint density at radius 3 is 1.91 bits per heavy atom. The van der Waals surface area contributed by atoms with Gasteiger partial charge in [0.25, 0.3) is 0 Å². The fourth-order valence-electron chi connectivity index (χ4n) is 4.51. The normalized spacial score (nSPS) is 13.1. The number of likely N-dealkylation sites (N-methyl/N-ethyl adjacent to an activating group) is 1. The van der Waals surface area contributed by atoms with Crippen LogP contribution < -0.4 is 0 Å². The Bertz CT molecular complexity index is 1070. The van der Waals surface area contributed by atoms with Crippen LogP contribution in [0.1, 0.15) is 41.2 Å². The van der Waals surface area contributed by atoms with Crippen molar-refractivity contribution in [1.82, 2.24) is 9.80 Å². The lowest BCUT2D eigenvalue weighted by Crippen LogP contribution is -2.31. The molecule has 2 nitrogen and oxygen atoms in total. The highest BCUT2D eigenvalue weighted by molar-refractivity contribution is 5.83. The molecule has 0 aromatic heterocycles. The fourth-order valence-corrected chi connectivity index (χ4v) is 4.51. The zero-order chi connectivity index (χ0) is 25.0. The average Bonchev–Trinajstić information content (AvgIpc) is 3.02. The number of nitrogens with zero attached hydrogens (tertiary/aromatic N) is 2. The molecular weight excluding hydrogens is 424 g/mol. The Morgan fingerprint density at radius 1 is 0.829 bits per heavy atom. The van der Waals surface area contributed by atoms with Gasteiger partial charge in [-0.2, -0.15) is 0 Å². The molecule has 1 aliphatic carbocycles. The number of benzene rings is 3. The Kier molecular flexibility index (Phi) is 10.4. The number of hydrogen-bond acceptors (Lipinski definition) is 2. The standard InChI is InChI=1S/C20H23N.C13H17N/c1-21(2)15-7-12-20-18-10-5-3-8-16(18)13-14-17-9-4-6-11-19(17)20;1-4-10-14(3)12(2)11-13-8-6-5-7-9-13/h3-6,8-12H,7,13-15H2,1-2H3;1,5-9,12H,10-11H2,2-3H3/t;12-/m.1/s1. The SMILES string of the molecule is C#CCN(C)[C@H](C)Cc1ccccc1.CN(C)CCC=C1c2ccccc2CCc2ccccc21. The molecule has 1 atom stereocenters. The Labute approximate surface area is 213 Å². The molecule has 3 aromatic carbocycles. The van der Waals surface area contributed by atoms with Crippen LogP contribution >= 0.6 is 0 Å². The Hall–Kier alpha value is -3.12. The molecule has 0 fully saturated rings. The summed E-state index contributed by atoms with van der Waals surface area (Å²) in [4.78, 5) is 4.43. The minimum Gasteiger partial charge on any atom is -0.309 e. The monoisotopic (exact) mass is 464 g/mol. The van der Waals surface area contributed by atoms with Gasteiger partial charge < -0.3 is 4.90 Å². The van der Waals surface area contributed by atoms with E-state index >= 15 is 0 Å². The number of terminal acetylenes is 1. The molecule has 0 bridgehead atoms. The van der Waals surface area contributed by atoms with Crippen molar-refractivity contribution in [2.75, 3.05) is 34.2 Å². The van der Waals surface area contributed by atoms with Crippen molar-refractivity contribution >= 4 is 5.57 Å². The van der Waals surface area contributed by atoms with Crippen molar-refractivity contribution in [1.29, 1.82) is 0 Å². The first-order valence-electron chi connectivity index (χ1n) is 12.7. The van der Waals surface area contributed by atoms with Crippen molar-refractivity contribution in [3.8, 4) is 12.3 Å². The summed E-state index contributed by atoms with van der Waals surface area (Å²) >= 11 is 0. The average molecular weight is 465 g/mol. The van der Waals surface area contributed by atoms with Crippen LogP contribution in [0.3, 0.4) is 0 Å².